The molecule has 15 aromatic rings. The van der Waals surface area contributed by atoms with E-state index in [1.165, 1.54) is 33.4 Å². The van der Waals surface area contributed by atoms with Gasteiger partial charge in [-0.2, -0.15) is 5.26 Å². The van der Waals surface area contributed by atoms with Crippen LogP contribution in [-0.4, -0.2) is 15.8 Å². The summed E-state index contributed by atoms with van der Waals surface area (Å²) in [4.78, 5) is 4.82. The lowest BCUT2D eigenvalue weighted by atomic mass is 9.33. The van der Waals surface area contributed by atoms with Crippen LogP contribution in [0.4, 0.5) is 34.1 Å². The molecule has 13 aromatic carbocycles. The first-order valence-electron chi connectivity index (χ1n) is 41.1. The number of hydrogen-bond donors (Lipinski definition) is 0. The average Bonchev–Trinajstić information content (AvgIpc) is 0.701. The van der Waals surface area contributed by atoms with Crippen LogP contribution >= 0.6 is 0 Å². The molecule has 0 bridgehead atoms. The SMILES string of the molecule is [2H]c1c([2H])c([2H])c(-c2ccc3c(c2)N(c2cc(-n4c5ccccc5c5ccccc54)ccc2C#N)c2cc(-n4c5ccc(C(C)(C)C)cc5c5cc(C(C)(C)C)ccc54)cc4c2B3c2ccc(-c3cc(C(C)(C)C)cc(C(C)(C)C)c3)cc2N4c2cc(-c3ccccc3)cc(-c3cc(C(C)(C)C)cc(C(C)(C)C)c3)c2)c([2H])c1[2H]. The van der Waals surface area contributed by atoms with Crippen molar-refractivity contribution in [2.45, 2.75) is 157 Å². The highest BCUT2D eigenvalue weighted by Crippen LogP contribution is 2.52. The summed E-state index contributed by atoms with van der Waals surface area (Å²) in [5.74, 6) is 0. The minimum atomic E-state index is -0.502. The van der Waals surface area contributed by atoms with Gasteiger partial charge in [0, 0.05) is 55.7 Å². The van der Waals surface area contributed by atoms with E-state index in [1.807, 2.05) is 18.2 Å². The molecular weight excluding hydrogens is 1320 g/mol. The topological polar surface area (TPSA) is 40.1 Å². The Kier molecular flexibility index (Phi) is 15.1. The number of para-hydroxylation sites is 2. The number of nitriles is 1. The fourth-order valence-corrected chi connectivity index (χ4v) is 16.8. The summed E-state index contributed by atoms with van der Waals surface area (Å²) in [7, 11) is 0. The van der Waals surface area contributed by atoms with Crippen molar-refractivity contribution < 1.29 is 6.85 Å². The van der Waals surface area contributed by atoms with E-state index in [4.69, 9.17) is 4.11 Å². The largest absolute Gasteiger partial charge is 0.311 e. The second-order valence-corrected chi connectivity index (χ2v) is 36.8. The van der Waals surface area contributed by atoms with Crippen LogP contribution < -0.4 is 26.2 Å². The van der Waals surface area contributed by atoms with Gasteiger partial charge in [0.2, 0.25) is 0 Å². The van der Waals surface area contributed by atoms with E-state index in [9.17, 15) is 8.00 Å². The third-order valence-electron chi connectivity index (χ3n) is 23.1. The van der Waals surface area contributed by atoms with Gasteiger partial charge in [-0.25, -0.2) is 0 Å². The van der Waals surface area contributed by atoms with E-state index < -0.39 is 24.8 Å². The highest BCUT2D eigenvalue weighted by Gasteiger charge is 2.45. The normalized spacial score (nSPS) is 14.0. The lowest BCUT2D eigenvalue weighted by molar-refractivity contribution is 0.568. The van der Waals surface area contributed by atoms with Gasteiger partial charge in [-0.05, 0) is 224 Å². The molecule has 4 heterocycles. The van der Waals surface area contributed by atoms with Crippen LogP contribution in [-0.2, 0) is 32.5 Å². The number of hydrogen-bond acceptors (Lipinski definition) is 3. The summed E-state index contributed by atoms with van der Waals surface area (Å²) < 4.78 is 51.2. The summed E-state index contributed by atoms with van der Waals surface area (Å²) in [5.41, 5.74) is 27.5. The Bertz CT molecular complexity index is 6370. The minimum Gasteiger partial charge on any atom is -0.311 e. The van der Waals surface area contributed by atoms with E-state index in [2.05, 4.69) is 368 Å². The number of anilines is 6. The van der Waals surface area contributed by atoms with Crippen molar-refractivity contribution in [1.82, 2.24) is 9.13 Å². The van der Waals surface area contributed by atoms with Crippen molar-refractivity contribution in [2.24, 2.45) is 0 Å². The zero-order valence-electron chi connectivity index (χ0n) is 71.3. The third-order valence-corrected chi connectivity index (χ3v) is 23.1. The average molecular weight is 1420 g/mol. The van der Waals surface area contributed by atoms with Crippen LogP contribution in [0.3, 0.4) is 0 Å². The van der Waals surface area contributed by atoms with Gasteiger partial charge in [-0.1, -0.05) is 294 Å². The van der Waals surface area contributed by atoms with E-state index in [-0.39, 0.29) is 50.1 Å². The number of fused-ring (bicyclic) bond motifs is 10. The molecule has 0 radical (unpaired) electrons. The van der Waals surface area contributed by atoms with Crippen LogP contribution in [0.2, 0.25) is 0 Å². The lowest BCUT2D eigenvalue weighted by Gasteiger charge is -2.45. The van der Waals surface area contributed by atoms with E-state index in [1.54, 1.807) is 0 Å². The lowest BCUT2D eigenvalue weighted by Crippen LogP contribution is -2.61. The van der Waals surface area contributed by atoms with Gasteiger partial charge in [0.15, 0.2) is 0 Å². The zero-order valence-corrected chi connectivity index (χ0v) is 66.3. The number of aromatic nitrogens is 2. The smallest absolute Gasteiger partial charge is 0.252 e. The molecule has 6 heteroatoms. The van der Waals surface area contributed by atoms with Gasteiger partial charge in [-0.3, -0.25) is 0 Å². The molecule has 2 aliphatic rings. The van der Waals surface area contributed by atoms with Crippen molar-refractivity contribution in [3.8, 4) is 62.0 Å². The second kappa shape index (κ2) is 25.4. The predicted molar refractivity (Wildman–Crippen MR) is 468 cm³/mol. The molecule has 5 nitrogen and oxygen atoms in total. The fourth-order valence-electron chi connectivity index (χ4n) is 16.8. The first kappa shape index (κ1) is 64.8. The molecule has 2 aliphatic heterocycles. The van der Waals surface area contributed by atoms with Gasteiger partial charge in [0.1, 0.15) is 6.07 Å². The van der Waals surface area contributed by atoms with Crippen molar-refractivity contribution in [2.75, 3.05) is 9.80 Å². The molecule has 538 valence electrons. The Balaban J connectivity index is 1.07. The van der Waals surface area contributed by atoms with Crippen molar-refractivity contribution in [3.63, 3.8) is 0 Å². The molecule has 0 unspecified atom stereocenters. The molecule has 0 aliphatic carbocycles. The van der Waals surface area contributed by atoms with Gasteiger partial charge >= 0.3 is 0 Å². The molecule has 0 N–H and O–H groups in total. The molecule has 0 spiro atoms. The highest BCUT2D eigenvalue weighted by atomic mass is 15.2. The van der Waals surface area contributed by atoms with E-state index in [0.29, 0.717) is 22.5 Å². The van der Waals surface area contributed by atoms with E-state index >= 15 is 0 Å². The number of rotatable bonds is 8. The Morgan fingerprint density at radius 1 is 0.284 bits per heavy atom. The van der Waals surface area contributed by atoms with Gasteiger partial charge < -0.3 is 18.9 Å². The molecule has 0 amide bonds. The molecule has 0 fully saturated rings. The van der Waals surface area contributed by atoms with Crippen LogP contribution in [0.25, 0.3) is 99.5 Å². The van der Waals surface area contributed by atoms with Gasteiger partial charge in [0.05, 0.1) is 45.9 Å². The number of benzene rings is 13. The maximum Gasteiger partial charge on any atom is 0.252 e. The summed E-state index contributed by atoms with van der Waals surface area (Å²) in [6.45, 7) is 40.9. The molecule has 109 heavy (non-hydrogen) atoms. The maximum atomic E-state index is 12.1. The third kappa shape index (κ3) is 12.3. The Morgan fingerprint density at radius 3 is 1.19 bits per heavy atom. The van der Waals surface area contributed by atoms with Crippen LogP contribution in [0.1, 0.15) is 170 Å². The second-order valence-electron chi connectivity index (χ2n) is 36.8. The standard InChI is InChI=1S/C103H98BN5/c1-98(2,3)73-40-45-90-84(58-73)85-59-74(99(4,5)6)41-46-91(85)107(90)81-61-95-97-96(62-81)109(92-60-79(42-37-68(92)63-105)106-88-35-27-25-33-82(88)83-34-26-28-36-89(83)106)94-54-66(64-29-21-19-22-30-64)38-43-87(94)104(97)86-44-39-67(71-48-75(100(7,8)9)56-76(49-71)101(10,11)12)55-93(86)108(95)80-52-69(65-31-23-20-24-32-65)47-70(53-80)72-50-77(102(13,14)15)57-78(51-72)103(16,17)18/h19-62H,1-18H3/i19D,21D,22D,29D,30D. The summed E-state index contributed by atoms with van der Waals surface area (Å²) in [6.07, 6.45) is 0. The summed E-state index contributed by atoms with van der Waals surface area (Å²) in [5, 5.41) is 16.6. The molecule has 0 atom stereocenters. The first-order chi connectivity index (χ1) is 53.8. The van der Waals surface area contributed by atoms with Crippen LogP contribution in [0, 0.1) is 11.3 Å². The zero-order chi connectivity index (χ0) is 80.7. The summed E-state index contributed by atoms with van der Waals surface area (Å²) >= 11 is 0. The molecule has 0 saturated heterocycles. The van der Waals surface area contributed by atoms with Crippen molar-refractivity contribution in [1.29, 1.82) is 5.26 Å². The Labute approximate surface area is 652 Å². The van der Waals surface area contributed by atoms with Crippen LogP contribution in [0.15, 0.2) is 267 Å². The summed E-state index contributed by atoms with van der Waals surface area (Å²) in [6, 6.07) is 88.3. The maximum absolute atomic E-state index is 12.1. The fraction of sp³-hybridized carbons (Fsp3) is 0.233. The molecule has 0 saturated carbocycles. The van der Waals surface area contributed by atoms with Gasteiger partial charge in [-0.15, -0.1) is 0 Å². The Morgan fingerprint density at radius 2 is 0.697 bits per heavy atom. The highest BCUT2D eigenvalue weighted by molar-refractivity contribution is 7.00. The number of nitrogens with zero attached hydrogens (tertiary/aromatic N) is 5. The van der Waals surface area contributed by atoms with Crippen LogP contribution in [0.5, 0.6) is 0 Å². The van der Waals surface area contributed by atoms with Gasteiger partial charge in [0.25, 0.3) is 6.71 Å². The van der Waals surface area contributed by atoms with Crippen molar-refractivity contribution >= 4 is 101 Å². The van der Waals surface area contributed by atoms with Crippen molar-refractivity contribution in [3.05, 3.63) is 306 Å². The molecule has 2 aromatic heterocycles. The van der Waals surface area contributed by atoms with E-state index in [0.717, 1.165) is 128 Å². The first-order valence-corrected chi connectivity index (χ1v) is 38.6. The monoisotopic (exact) mass is 1420 g/mol. The predicted octanol–water partition coefficient (Wildman–Crippen LogP) is 26.3. The minimum absolute atomic E-state index is 0.0850. The molecular formula is C103H98BN5. The molecule has 17 rings (SSSR count). The Hall–Kier alpha value is -11.4. The quantitative estimate of drug-likeness (QED) is 0.142.